The molecule has 0 aliphatic carbocycles. The van der Waals surface area contributed by atoms with Gasteiger partial charge < -0.3 is 4.74 Å². The summed E-state index contributed by atoms with van der Waals surface area (Å²) in [5.41, 5.74) is 0.0170. The Morgan fingerprint density at radius 1 is 1.28 bits per heavy atom. The number of aromatic nitrogens is 2. The zero-order valence-electron chi connectivity index (χ0n) is 8.89. The van der Waals surface area contributed by atoms with Crippen LogP contribution in [0.2, 0.25) is 5.02 Å². The molecular formula is C11H7ClF2N2O2. The second-order valence-electron chi connectivity index (χ2n) is 3.30. The molecule has 2 aromatic rings. The van der Waals surface area contributed by atoms with E-state index >= 15 is 0 Å². The normalized spacial score (nSPS) is 10.7. The summed E-state index contributed by atoms with van der Waals surface area (Å²) in [7, 11) is 0. The highest BCUT2D eigenvalue weighted by Gasteiger charge is 2.05. The van der Waals surface area contributed by atoms with Gasteiger partial charge in [0.2, 0.25) is 0 Å². The lowest BCUT2D eigenvalue weighted by Crippen LogP contribution is -2.19. The summed E-state index contributed by atoms with van der Waals surface area (Å²) < 4.78 is 29.2. The molecule has 0 atom stereocenters. The number of halogens is 3. The molecule has 0 unspecified atom stereocenters. The fourth-order valence-electron chi connectivity index (χ4n) is 1.35. The van der Waals surface area contributed by atoms with Gasteiger partial charge in [0.15, 0.2) is 0 Å². The number of nitrogens with zero attached hydrogens (tertiary/aromatic N) is 2. The molecule has 0 N–H and O–H groups in total. The first-order valence-corrected chi connectivity index (χ1v) is 5.24. The van der Waals surface area contributed by atoms with Gasteiger partial charge in [-0.25, -0.2) is 0 Å². The Labute approximate surface area is 105 Å². The monoisotopic (exact) mass is 272 g/mol. The van der Waals surface area contributed by atoms with E-state index in [9.17, 15) is 13.6 Å². The van der Waals surface area contributed by atoms with Crippen molar-refractivity contribution in [1.29, 1.82) is 0 Å². The minimum absolute atomic E-state index is 0.00997. The first-order valence-electron chi connectivity index (χ1n) is 4.86. The van der Waals surface area contributed by atoms with Gasteiger partial charge in [-0.05, 0) is 24.3 Å². The molecule has 18 heavy (non-hydrogen) atoms. The lowest BCUT2D eigenvalue weighted by atomic mass is 10.3. The van der Waals surface area contributed by atoms with E-state index in [0.29, 0.717) is 5.69 Å². The fraction of sp³-hybridized carbons (Fsp3) is 0.0909. The van der Waals surface area contributed by atoms with Crippen LogP contribution >= 0.6 is 11.6 Å². The Bertz CT molecular complexity index is 599. The molecule has 0 aliphatic rings. The number of hydrogen-bond donors (Lipinski definition) is 0. The summed E-state index contributed by atoms with van der Waals surface area (Å²) in [6.45, 7) is -2.88. The van der Waals surface area contributed by atoms with E-state index in [-0.39, 0.29) is 10.8 Å². The molecule has 1 aromatic carbocycles. The van der Waals surface area contributed by atoms with Gasteiger partial charge in [-0.2, -0.15) is 18.6 Å². The molecule has 0 saturated carbocycles. The molecule has 0 saturated heterocycles. The highest BCUT2D eigenvalue weighted by Crippen LogP contribution is 2.16. The third kappa shape index (κ3) is 2.84. The Hall–Kier alpha value is -1.95. The second kappa shape index (κ2) is 5.14. The van der Waals surface area contributed by atoms with Crippen LogP contribution in [0.25, 0.3) is 5.69 Å². The highest BCUT2D eigenvalue weighted by molar-refractivity contribution is 6.30. The van der Waals surface area contributed by atoms with Gasteiger partial charge in [-0.3, -0.25) is 4.79 Å². The quantitative estimate of drug-likeness (QED) is 0.862. The van der Waals surface area contributed by atoms with Crippen LogP contribution in [0, 0.1) is 0 Å². The highest BCUT2D eigenvalue weighted by atomic mass is 35.5. The Balaban J connectivity index is 2.31. The molecule has 1 aromatic heterocycles. The average molecular weight is 273 g/mol. The van der Waals surface area contributed by atoms with E-state index in [1.54, 1.807) is 0 Å². The molecule has 0 amide bonds. The summed E-state index contributed by atoms with van der Waals surface area (Å²) in [6.07, 6.45) is 1.31. The Morgan fingerprint density at radius 2 is 1.94 bits per heavy atom. The second-order valence-corrected chi connectivity index (χ2v) is 3.73. The van der Waals surface area contributed by atoms with E-state index in [4.69, 9.17) is 11.6 Å². The number of alkyl halides is 2. The molecule has 0 spiro atoms. The minimum atomic E-state index is -2.88. The maximum absolute atomic E-state index is 11.9. The van der Waals surface area contributed by atoms with E-state index < -0.39 is 12.2 Å². The van der Waals surface area contributed by atoms with Gasteiger partial charge in [0.25, 0.3) is 5.56 Å². The molecule has 0 radical (unpaired) electrons. The summed E-state index contributed by atoms with van der Waals surface area (Å²) in [5.74, 6) is 0.00997. The predicted octanol–water partition coefficient (Wildman–Crippen LogP) is 2.49. The Kier molecular flexibility index (Phi) is 3.57. The maximum Gasteiger partial charge on any atom is 0.387 e. The number of hydrogen-bond acceptors (Lipinski definition) is 3. The van der Waals surface area contributed by atoms with E-state index in [1.807, 2.05) is 0 Å². The van der Waals surface area contributed by atoms with Gasteiger partial charge in [-0.1, -0.05) is 11.6 Å². The number of ether oxygens (including phenoxy) is 1. The van der Waals surface area contributed by atoms with Crippen molar-refractivity contribution < 1.29 is 13.5 Å². The Morgan fingerprint density at radius 3 is 2.50 bits per heavy atom. The van der Waals surface area contributed by atoms with Crippen LogP contribution in [0.5, 0.6) is 5.75 Å². The molecule has 2 rings (SSSR count). The maximum atomic E-state index is 11.9. The molecule has 1 heterocycles. The van der Waals surface area contributed by atoms with Gasteiger partial charge in [-0.15, -0.1) is 0 Å². The first kappa shape index (κ1) is 12.5. The van der Waals surface area contributed by atoms with E-state index in [1.165, 1.54) is 36.5 Å². The lowest BCUT2D eigenvalue weighted by molar-refractivity contribution is -0.0498. The standard InChI is InChI=1S/C11H7ClF2N2O2/c12-7-5-10(17)16(15-6-7)8-1-3-9(4-2-8)18-11(13)14/h1-6,11H. The summed E-state index contributed by atoms with van der Waals surface area (Å²) >= 11 is 5.61. The predicted molar refractivity (Wildman–Crippen MR) is 61.5 cm³/mol. The third-order valence-corrected chi connectivity index (χ3v) is 2.28. The van der Waals surface area contributed by atoms with Crippen LogP contribution in [0.3, 0.4) is 0 Å². The van der Waals surface area contributed by atoms with Crippen molar-refractivity contribution in [3.05, 3.63) is 51.9 Å². The van der Waals surface area contributed by atoms with Gasteiger partial charge in [0.1, 0.15) is 5.75 Å². The van der Waals surface area contributed by atoms with Crippen LogP contribution in [-0.4, -0.2) is 16.4 Å². The van der Waals surface area contributed by atoms with Crippen LogP contribution in [0.15, 0.2) is 41.3 Å². The van der Waals surface area contributed by atoms with E-state index in [2.05, 4.69) is 9.84 Å². The van der Waals surface area contributed by atoms with Crippen molar-refractivity contribution in [2.75, 3.05) is 0 Å². The van der Waals surface area contributed by atoms with Crippen LogP contribution < -0.4 is 10.3 Å². The molecule has 0 aliphatic heterocycles. The molecule has 94 valence electrons. The van der Waals surface area contributed by atoms with E-state index in [0.717, 1.165) is 4.68 Å². The molecule has 7 heteroatoms. The SMILES string of the molecule is O=c1cc(Cl)cnn1-c1ccc(OC(F)F)cc1. The molecular weight excluding hydrogens is 266 g/mol. The third-order valence-electron chi connectivity index (χ3n) is 2.07. The first-order chi connectivity index (χ1) is 8.56. The van der Waals surface area contributed by atoms with Crippen molar-refractivity contribution in [2.24, 2.45) is 0 Å². The van der Waals surface area contributed by atoms with Crippen molar-refractivity contribution in [2.45, 2.75) is 6.61 Å². The van der Waals surface area contributed by atoms with Crippen molar-refractivity contribution in [3.63, 3.8) is 0 Å². The largest absolute Gasteiger partial charge is 0.435 e. The van der Waals surface area contributed by atoms with Crippen LogP contribution in [-0.2, 0) is 0 Å². The summed E-state index contributed by atoms with van der Waals surface area (Å²) in [6, 6.07) is 6.74. The summed E-state index contributed by atoms with van der Waals surface area (Å²) in [4.78, 5) is 11.6. The zero-order valence-corrected chi connectivity index (χ0v) is 9.64. The van der Waals surface area contributed by atoms with Crippen LogP contribution in [0.4, 0.5) is 8.78 Å². The average Bonchev–Trinajstić information content (AvgIpc) is 2.30. The van der Waals surface area contributed by atoms with Gasteiger partial charge in [0, 0.05) is 6.07 Å². The zero-order chi connectivity index (χ0) is 13.1. The van der Waals surface area contributed by atoms with Crippen molar-refractivity contribution >= 4 is 11.6 Å². The molecule has 4 nitrogen and oxygen atoms in total. The molecule has 0 fully saturated rings. The smallest absolute Gasteiger partial charge is 0.387 e. The lowest BCUT2D eigenvalue weighted by Gasteiger charge is -2.06. The molecule has 0 bridgehead atoms. The number of benzene rings is 1. The fourth-order valence-corrected chi connectivity index (χ4v) is 1.49. The minimum Gasteiger partial charge on any atom is -0.435 e. The van der Waals surface area contributed by atoms with Crippen molar-refractivity contribution in [3.8, 4) is 11.4 Å². The van der Waals surface area contributed by atoms with Crippen LogP contribution in [0.1, 0.15) is 0 Å². The van der Waals surface area contributed by atoms with Gasteiger partial charge in [0.05, 0.1) is 16.9 Å². The summed E-state index contributed by atoms with van der Waals surface area (Å²) in [5, 5.41) is 4.05. The topological polar surface area (TPSA) is 44.1 Å². The van der Waals surface area contributed by atoms with Crippen molar-refractivity contribution in [1.82, 2.24) is 9.78 Å². The number of rotatable bonds is 3. The van der Waals surface area contributed by atoms with Gasteiger partial charge >= 0.3 is 6.61 Å².